The van der Waals surface area contributed by atoms with Gasteiger partial charge in [0.1, 0.15) is 0 Å². The number of pyridine rings is 1. The number of rotatable bonds is 2. The first kappa shape index (κ1) is 14.5. The van der Waals surface area contributed by atoms with Crippen LogP contribution >= 0.6 is 12.2 Å². The average Bonchev–Trinajstić information content (AvgIpc) is 2.62. The van der Waals surface area contributed by atoms with E-state index in [9.17, 15) is 10.1 Å². The molecule has 0 spiro atoms. The molecule has 3 aromatic carbocycles. The van der Waals surface area contributed by atoms with Crippen LogP contribution in [0.1, 0.15) is 0 Å². The van der Waals surface area contributed by atoms with Gasteiger partial charge in [0.25, 0.3) is 5.69 Å². The summed E-state index contributed by atoms with van der Waals surface area (Å²) in [5.41, 5.74) is 2.90. The van der Waals surface area contributed by atoms with Crippen LogP contribution in [0, 0.1) is 14.6 Å². The highest BCUT2D eigenvalue weighted by atomic mass is 32.1. The fourth-order valence-corrected chi connectivity index (χ4v) is 3.34. The predicted octanol–water partition coefficient (Wildman–Crippen LogP) is 5.42. The van der Waals surface area contributed by atoms with Crippen molar-refractivity contribution < 1.29 is 4.92 Å². The van der Waals surface area contributed by atoms with Crippen molar-refractivity contribution in [2.75, 3.05) is 0 Å². The van der Waals surface area contributed by atoms with E-state index in [0.29, 0.717) is 0 Å². The smallest absolute Gasteiger partial charge is 0.269 e. The number of nitro groups is 1. The van der Waals surface area contributed by atoms with Gasteiger partial charge in [-0.25, -0.2) is 0 Å². The van der Waals surface area contributed by atoms with E-state index in [1.54, 1.807) is 12.1 Å². The van der Waals surface area contributed by atoms with Crippen LogP contribution in [0.3, 0.4) is 0 Å². The van der Waals surface area contributed by atoms with Gasteiger partial charge in [0, 0.05) is 28.6 Å². The first-order valence-corrected chi connectivity index (χ1v) is 7.85. The molecule has 4 nitrogen and oxygen atoms in total. The topological polar surface area (TPSA) is 48.1 Å². The van der Waals surface area contributed by atoms with Crippen molar-refractivity contribution in [3.63, 3.8) is 0 Å². The highest BCUT2D eigenvalue weighted by Crippen LogP contribution is 2.29. The number of fused-ring (bicyclic) bond motifs is 2. The molecule has 4 aromatic rings. The molecule has 24 heavy (non-hydrogen) atoms. The van der Waals surface area contributed by atoms with Gasteiger partial charge in [-0.2, -0.15) is 0 Å². The number of benzene rings is 3. The van der Waals surface area contributed by atoms with E-state index in [-0.39, 0.29) is 5.69 Å². The molecule has 0 amide bonds. The van der Waals surface area contributed by atoms with Crippen molar-refractivity contribution in [1.29, 1.82) is 0 Å². The lowest BCUT2D eigenvalue weighted by atomic mass is 10.1. The van der Waals surface area contributed by atoms with Gasteiger partial charge in [0.2, 0.25) is 0 Å². The molecule has 116 valence electrons. The predicted molar refractivity (Wildman–Crippen MR) is 98.3 cm³/mol. The number of nitrogens with zero attached hydrogens (tertiary/aromatic N) is 2. The van der Waals surface area contributed by atoms with Crippen LogP contribution in [-0.2, 0) is 0 Å². The Kier molecular flexibility index (Phi) is 3.36. The van der Waals surface area contributed by atoms with E-state index >= 15 is 0 Å². The fraction of sp³-hybridized carbons (Fsp3) is 0. The molecular weight excluding hydrogens is 320 g/mol. The molecule has 1 aromatic heterocycles. The van der Waals surface area contributed by atoms with Crippen LogP contribution < -0.4 is 0 Å². The summed E-state index contributed by atoms with van der Waals surface area (Å²) < 4.78 is 2.91. The maximum Gasteiger partial charge on any atom is 0.269 e. The van der Waals surface area contributed by atoms with Crippen molar-refractivity contribution in [2.45, 2.75) is 0 Å². The highest BCUT2D eigenvalue weighted by molar-refractivity contribution is 7.72. The molecule has 1 heterocycles. The maximum absolute atomic E-state index is 10.9. The Morgan fingerprint density at radius 1 is 0.792 bits per heavy atom. The normalized spacial score (nSPS) is 11.0. The van der Waals surface area contributed by atoms with Crippen LogP contribution in [0.25, 0.3) is 27.5 Å². The Balaban J connectivity index is 2.14. The molecule has 0 saturated heterocycles. The summed E-state index contributed by atoms with van der Waals surface area (Å²) in [5.74, 6) is 0. The summed E-state index contributed by atoms with van der Waals surface area (Å²) in [4.78, 5) is 10.5. The Morgan fingerprint density at radius 3 is 1.79 bits per heavy atom. The molecule has 0 aliphatic rings. The van der Waals surface area contributed by atoms with Gasteiger partial charge in [-0.1, -0.05) is 48.6 Å². The van der Waals surface area contributed by atoms with Crippen LogP contribution in [0.2, 0.25) is 0 Å². The molecule has 5 heteroatoms. The lowest BCUT2D eigenvalue weighted by Crippen LogP contribution is -2.00. The number of hydrogen-bond acceptors (Lipinski definition) is 3. The Labute approximate surface area is 142 Å². The lowest BCUT2D eigenvalue weighted by molar-refractivity contribution is -0.384. The first-order chi connectivity index (χ1) is 11.7. The second-order valence-corrected chi connectivity index (χ2v) is 5.88. The summed E-state index contributed by atoms with van der Waals surface area (Å²) in [6, 6.07) is 22.5. The second-order valence-electron chi connectivity index (χ2n) is 5.47. The molecule has 0 atom stereocenters. The number of para-hydroxylation sites is 2. The van der Waals surface area contributed by atoms with Gasteiger partial charge in [-0.3, -0.25) is 10.1 Å². The zero-order valence-corrected chi connectivity index (χ0v) is 13.4. The van der Waals surface area contributed by atoms with Crippen molar-refractivity contribution in [3.05, 3.63) is 87.4 Å². The number of hydrogen-bond donors (Lipinski definition) is 0. The number of aromatic nitrogens is 1. The minimum atomic E-state index is -0.392. The third kappa shape index (κ3) is 2.18. The highest BCUT2D eigenvalue weighted by Gasteiger charge is 2.11. The summed E-state index contributed by atoms with van der Waals surface area (Å²) in [7, 11) is 0. The quantitative estimate of drug-likeness (QED) is 0.213. The summed E-state index contributed by atoms with van der Waals surface area (Å²) in [6.07, 6.45) is 0. The standard InChI is InChI=1S/C19H12N2O2S/c22-21(23)14-11-9-13(10-12-14)20-17-7-3-1-5-15(17)19(24)16-6-2-4-8-18(16)20/h1-12H. The van der Waals surface area contributed by atoms with Gasteiger partial charge in [-0.05, 0) is 24.3 Å². The molecule has 0 saturated carbocycles. The van der Waals surface area contributed by atoms with Gasteiger partial charge >= 0.3 is 0 Å². The Morgan fingerprint density at radius 2 is 1.29 bits per heavy atom. The molecule has 0 bridgehead atoms. The monoisotopic (exact) mass is 332 g/mol. The van der Waals surface area contributed by atoms with Crippen molar-refractivity contribution in [2.24, 2.45) is 0 Å². The van der Waals surface area contributed by atoms with Gasteiger partial charge in [0.15, 0.2) is 0 Å². The minimum absolute atomic E-state index is 0.0767. The molecule has 0 radical (unpaired) electrons. The Hall–Kier alpha value is -3.05. The molecule has 0 unspecified atom stereocenters. The summed E-state index contributed by atoms with van der Waals surface area (Å²) in [5, 5.41) is 12.9. The van der Waals surface area contributed by atoms with E-state index in [4.69, 9.17) is 12.2 Å². The van der Waals surface area contributed by atoms with Crippen LogP contribution in [0.4, 0.5) is 5.69 Å². The van der Waals surface area contributed by atoms with Crippen molar-refractivity contribution in [3.8, 4) is 5.69 Å². The van der Waals surface area contributed by atoms with E-state index in [0.717, 1.165) is 32.0 Å². The second kappa shape index (κ2) is 5.54. The van der Waals surface area contributed by atoms with Crippen molar-refractivity contribution in [1.82, 2.24) is 4.57 Å². The van der Waals surface area contributed by atoms with Crippen molar-refractivity contribution >= 4 is 39.7 Å². The van der Waals surface area contributed by atoms with Gasteiger partial charge in [0.05, 0.1) is 20.5 Å². The lowest BCUT2D eigenvalue weighted by Gasteiger charge is -2.16. The molecule has 0 fully saturated rings. The molecular formula is C19H12N2O2S. The summed E-state index contributed by atoms with van der Waals surface area (Å²) >= 11 is 5.66. The van der Waals surface area contributed by atoms with E-state index in [1.165, 1.54) is 12.1 Å². The minimum Gasteiger partial charge on any atom is -0.309 e. The van der Waals surface area contributed by atoms with Crippen LogP contribution in [-0.4, -0.2) is 9.49 Å². The average molecular weight is 332 g/mol. The first-order valence-electron chi connectivity index (χ1n) is 7.44. The SMILES string of the molecule is O=[N+]([O-])c1ccc(-n2c3ccccc3c(=S)c3ccccc32)cc1. The third-order valence-corrected chi connectivity index (χ3v) is 4.54. The van der Waals surface area contributed by atoms with E-state index < -0.39 is 4.92 Å². The Bertz CT molecular complexity index is 1090. The van der Waals surface area contributed by atoms with E-state index in [2.05, 4.69) is 4.57 Å². The third-order valence-electron chi connectivity index (χ3n) is 4.10. The number of non-ortho nitro benzene ring substituents is 1. The summed E-state index contributed by atoms with van der Waals surface area (Å²) in [6.45, 7) is 0. The van der Waals surface area contributed by atoms with E-state index in [1.807, 2.05) is 48.5 Å². The largest absolute Gasteiger partial charge is 0.309 e. The molecule has 4 rings (SSSR count). The number of nitro benzene ring substituents is 1. The zero-order chi connectivity index (χ0) is 16.7. The molecule has 0 aliphatic carbocycles. The molecule has 0 N–H and O–H groups in total. The maximum atomic E-state index is 10.9. The van der Waals surface area contributed by atoms with Crippen LogP contribution in [0.5, 0.6) is 0 Å². The zero-order valence-electron chi connectivity index (χ0n) is 12.5. The van der Waals surface area contributed by atoms with Crippen LogP contribution in [0.15, 0.2) is 72.8 Å². The molecule has 0 aliphatic heterocycles. The van der Waals surface area contributed by atoms with Gasteiger partial charge in [-0.15, -0.1) is 0 Å². The van der Waals surface area contributed by atoms with Gasteiger partial charge < -0.3 is 4.57 Å². The fourth-order valence-electron chi connectivity index (χ4n) is 3.00.